The molecule has 0 saturated carbocycles. The van der Waals surface area contributed by atoms with Crippen LogP contribution >= 0.6 is 11.6 Å². The number of benzene rings is 2. The molecule has 0 aliphatic carbocycles. The highest BCUT2D eigenvalue weighted by Crippen LogP contribution is 2.25. The minimum atomic E-state index is -3.87. The topological polar surface area (TPSA) is 93.2 Å². The number of rotatable bonds is 8. The molecule has 0 fully saturated rings. The largest absolute Gasteiger partial charge is 0.495 e. The van der Waals surface area contributed by atoms with Crippen LogP contribution in [0.15, 0.2) is 41.3 Å². The number of fused-ring (bicyclic) bond motifs is 1. The highest BCUT2D eigenvalue weighted by Gasteiger charge is 2.19. The summed E-state index contributed by atoms with van der Waals surface area (Å²) >= 11 is 6.05. The molecule has 0 amide bonds. The van der Waals surface area contributed by atoms with Crippen molar-refractivity contribution in [2.45, 2.75) is 18.2 Å². The summed E-state index contributed by atoms with van der Waals surface area (Å²) in [6.07, 6.45) is 0.647. The standard InChI is InChI=1S/C19H20ClFN4O3S/c1-3-18-24-15-10-12(20)4-6-14(15)19(25-18)22-8-9-23-29(26,27)17-7-5-13(21)11-16(17)28-2/h4-7,10-11,23H,3,8-9H2,1-2H3,(H,22,24,25). The molecule has 7 nitrogen and oxygen atoms in total. The molecule has 10 heteroatoms. The number of methoxy groups -OCH3 is 1. The first-order valence-electron chi connectivity index (χ1n) is 8.87. The fraction of sp³-hybridized carbons (Fsp3) is 0.263. The van der Waals surface area contributed by atoms with E-state index >= 15 is 0 Å². The van der Waals surface area contributed by atoms with Gasteiger partial charge in [0.05, 0.1) is 12.6 Å². The third-order valence-corrected chi connectivity index (χ3v) is 5.88. The van der Waals surface area contributed by atoms with Crippen molar-refractivity contribution < 1.29 is 17.5 Å². The number of hydrogen-bond donors (Lipinski definition) is 2. The minimum absolute atomic E-state index is 0.0586. The quantitative estimate of drug-likeness (QED) is 0.524. The van der Waals surface area contributed by atoms with Gasteiger partial charge in [-0.1, -0.05) is 18.5 Å². The van der Waals surface area contributed by atoms with Gasteiger partial charge < -0.3 is 10.1 Å². The smallest absolute Gasteiger partial charge is 0.244 e. The van der Waals surface area contributed by atoms with Crippen LogP contribution in [0.25, 0.3) is 10.9 Å². The Morgan fingerprint density at radius 1 is 1.14 bits per heavy atom. The summed E-state index contributed by atoms with van der Waals surface area (Å²) in [4.78, 5) is 8.80. The molecule has 1 aromatic heterocycles. The molecule has 2 N–H and O–H groups in total. The zero-order valence-corrected chi connectivity index (χ0v) is 17.4. The monoisotopic (exact) mass is 438 g/mol. The molecular formula is C19H20ClFN4O3S. The van der Waals surface area contributed by atoms with Gasteiger partial charge in [-0.3, -0.25) is 0 Å². The normalized spacial score (nSPS) is 11.6. The van der Waals surface area contributed by atoms with Crippen molar-refractivity contribution in [3.05, 3.63) is 53.1 Å². The molecular weight excluding hydrogens is 419 g/mol. The van der Waals surface area contributed by atoms with Gasteiger partial charge in [-0.25, -0.2) is 27.5 Å². The molecule has 0 aliphatic rings. The Morgan fingerprint density at radius 2 is 1.93 bits per heavy atom. The van der Waals surface area contributed by atoms with Crippen LogP contribution in [0.5, 0.6) is 5.75 Å². The summed E-state index contributed by atoms with van der Waals surface area (Å²) in [6, 6.07) is 8.57. The molecule has 2 aromatic carbocycles. The van der Waals surface area contributed by atoms with Crippen molar-refractivity contribution >= 4 is 38.3 Å². The third-order valence-electron chi connectivity index (χ3n) is 4.15. The van der Waals surface area contributed by atoms with E-state index in [9.17, 15) is 12.8 Å². The predicted octanol–water partition coefficient (Wildman–Crippen LogP) is 3.38. The SMILES string of the molecule is CCc1nc(NCCNS(=O)(=O)c2ccc(F)cc2OC)c2ccc(Cl)cc2n1. The second kappa shape index (κ2) is 8.89. The van der Waals surface area contributed by atoms with E-state index < -0.39 is 15.8 Å². The Labute approximate surface area is 173 Å². The number of anilines is 1. The van der Waals surface area contributed by atoms with Gasteiger partial charge in [0.25, 0.3) is 0 Å². The number of sulfonamides is 1. The Hall–Kier alpha value is -2.49. The molecule has 154 valence electrons. The number of aromatic nitrogens is 2. The van der Waals surface area contributed by atoms with E-state index in [2.05, 4.69) is 20.0 Å². The summed E-state index contributed by atoms with van der Waals surface area (Å²) in [7, 11) is -2.58. The number of nitrogens with one attached hydrogen (secondary N) is 2. The lowest BCUT2D eigenvalue weighted by atomic mass is 10.2. The van der Waals surface area contributed by atoms with Crippen molar-refractivity contribution in [3.63, 3.8) is 0 Å². The molecule has 0 radical (unpaired) electrons. The van der Waals surface area contributed by atoms with Gasteiger partial charge in [0, 0.05) is 36.0 Å². The van der Waals surface area contributed by atoms with Crippen LogP contribution in [0.3, 0.4) is 0 Å². The predicted molar refractivity (Wildman–Crippen MR) is 111 cm³/mol. The van der Waals surface area contributed by atoms with Gasteiger partial charge in [-0.05, 0) is 30.3 Å². The van der Waals surface area contributed by atoms with Crippen molar-refractivity contribution in [3.8, 4) is 5.75 Å². The minimum Gasteiger partial charge on any atom is -0.495 e. The van der Waals surface area contributed by atoms with Gasteiger partial charge in [0.2, 0.25) is 10.0 Å². The van der Waals surface area contributed by atoms with Crippen molar-refractivity contribution in [1.82, 2.24) is 14.7 Å². The van der Waals surface area contributed by atoms with Crippen LogP contribution in [0.1, 0.15) is 12.7 Å². The van der Waals surface area contributed by atoms with Gasteiger partial charge in [-0.2, -0.15) is 0 Å². The molecule has 0 bridgehead atoms. The van der Waals surface area contributed by atoms with E-state index in [0.29, 0.717) is 28.6 Å². The average Bonchev–Trinajstić information content (AvgIpc) is 2.70. The molecule has 3 aromatic rings. The second-order valence-electron chi connectivity index (χ2n) is 6.12. The van der Waals surface area contributed by atoms with E-state index in [0.717, 1.165) is 17.5 Å². The molecule has 3 rings (SSSR count). The van der Waals surface area contributed by atoms with Crippen molar-refractivity contribution in [2.24, 2.45) is 0 Å². The molecule has 0 aliphatic heterocycles. The summed E-state index contributed by atoms with van der Waals surface area (Å²) in [5.74, 6) is 0.614. The zero-order valence-electron chi connectivity index (χ0n) is 15.9. The van der Waals surface area contributed by atoms with E-state index in [-0.39, 0.29) is 23.7 Å². The van der Waals surface area contributed by atoms with Gasteiger partial charge in [0.15, 0.2) is 0 Å². The Bertz CT molecular complexity index is 1140. The van der Waals surface area contributed by atoms with Crippen LogP contribution in [0.2, 0.25) is 5.02 Å². The third kappa shape index (κ3) is 4.92. The van der Waals surface area contributed by atoms with E-state index in [4.69, 9.17) is 16.3 Å². The van der Waals surface area contributed by atoms with Crippen molar-refractivity contribution in [2.75, 3.05) is 25.5 Å². The average molecular weight is 439 g/mol. The Kier molecular flexibility index (Phi) is 6.51. The zero-order chi connectivity index (χ0) is 21.0. The first-order chi connectivity index (χ1) is 13.8. The van der Waals surface area contributed by atoms with Gasteiger partial charge in [-0.15, -0.1) is 0 Å². The Balaban J connectivity index is 1.72. The van der Waals surface area contributed by atoms with Crippen LogP contribution in [-0.4, -0.2) is 38.6 Å². The molecule has 0 saturated heterocycles. The Morgan fingerprint density at radius 3 is 2.66 bits per heavy atom. The van der Waals surface area contributed by atoms with Crippen molar-refractivity contribution in [1.29, 1.82) is 0 Å². The van der Waals surface area contributed by atoms with Crippen LogP contribution in [0, 0.1) is 5.82 Å². The molecule has 0 unspecified atom stereocenters. The summed E-state index contributed by atoms with van der Waals surface area (Å²) in [5.41, 5.74) is 0.712. The fourth-order valence-corrected chi connectivity index (χ4v) is 4.10. The van der Waals surface area contributed by atoms with Crippen LogP contribution < -0.4 is 14.8 Å². The lowest BCUT2D eigenvalue weighted by Gasteiger charge is -2.13. The first-order valence-corrected chi connectivity index (χ1v) is 10.7. The lowest BCUT2D eigenvalue weighted by molar-refractivity contribution is 0.398. The highest BCUT2D eigenvalue weighted by atomic mass is 35.5. The number of halogens is 2. The molecule has 0 spiro atoms. The molecule has 0 atom stereocenters. The number of ether oxygens (including phenoxy) is 1. The van der Waals surface area contributed by atoms with E-state index in [1.54, 1.807) is 12.1 Å². The maximum atomic E-state index is 13.3. The van der Waals surface area contributed by atoms with Crippen LogP contribution in [0.4, 0.5) is 10.2 Å². The lowest BCUT2D eigenvalue weighted by Crippen LogP contribution is -2.29. The molecule has 29 heavy (non-hydrogen) atoms. The maximum Gasteiger partial charge on any atom is 0.244 e. The number of aryl methyl sites for hydroxylation is 1. The van der Waals surface area contributed by atoms with Gasteiger partial charge in [0.1, 0.15) is 28.1 Å². The summed E-state index contributed by atoms with van der Waals surface area (Å²) < 4.78 is 45.7. The first kappa shape index (κ1) is 21.2. The van der Waals surface area contributed by atoms with E-state index in [1.807, 2.05) is 13.0 Å². The summed E-state index contributed by atoms with van der Waals surface area (Å²) in [5, 5.41) is 4.49. The van der Waals surface area contributed by atoms with E-state index in [1.165, 1.54) is 13.2 Å². The highest BCUT2D eigenvalue weighted by molar-refractivity contribution is 7.89. The molecule has 1 heterocycles. The second-order valence-corrected chi connectivity index (χ2v) is 8.30. The maximum absolute atomic E-state index is 13.3. The summed E-state index contributed by atoms with van der Waals surface area (Å²) in [6.45, 7) is 2.31. The van der Waals surface area contributed by atoms with Crippen LogP contribution in [-0.2, 0) is 16.4 Å². The number of hydrogen-bond acceptors (Lipinski definition) is 6. The van der Waals surface area contributed by atoms with Gasteiger partial charge >= 0.3 is 0 Å². The fourth-order valence-electron chi connectivity index (χ4n) is 2.75. The number of nitrogens with zero attached hydrogens (tertiary/aromatic N) is 2.